The Morgan fingerprint density at radius 3 is 2.25 bits per heavy atom. The molecule has 0 aliphatic carbocycles. The molecule has 0 saturated heterocycles. The number of hydrogen-bond acceptors (Lipinski definition) is 6. The van der Waals surface area contributed by atoms with Crippen molar-refractivity contribution >= 4 is 32.8 Å². The fraction of sp³-hybridized carbons (Fsp3) is 0.238. The number of nitrogens with zero attached hydrogens (tertiary/aromatic N) is 1. The van der Waals surface area contributed by atoms with Crippen molar-refractivity contribution in [2.24, 2.45) is 0 Å². The maximum atomic E-state index is 12.6. The van der Waals surface area contributed by atoms with Crippen LogP contribution in [0.2, 0.25) is 0 Å². The number of ether oxygens (including phenoxy) is 4. The molecule has 0 radical (unpaired) electrons. The van der Waals surface area contributed by atoms with Crippen molar-refractivity contribution in [1.82, 2.24) is 4.98 Å². The van der Waals surface area contributed by atoms with Gasteiger partial charge in [-0.1, -0.05) is 15.9 Å². The lowest BCUT2D eigenvalue weighted by Crippen LogP contribution is -2.06. The van der Waals surface area contributed by atoms with Crippen LogP contribution >= 0.6 is 15.9 Å². The van der Waals surface area contributed by atoms with Gasteiger partial charge in [0.2, 0.25) is 5.75 Å². The van der Waals surface area contributed by atoms with Crippen molar-refractivity contribution in [2.75, 3.05) is 27.9 Å². The zero-order valence-corrected chi connectivity index (χ0v) is 17.6. The largest absolute Gasteiger partial charge is 0.493 e. The number of pyridine rings is 1. The van der Waals surface area contributed by atoms with E-state index in [-0.39, 0.29) is 6.61 Å². The van der Waals surface area contributed by atoms with Crippen LogP contribution in [0.15, 0.2) is 40.9 Å². The van der Waals surface area contributed by atoms with Gasteiger partial charge in [-0.05, 0) is 43.3 Å². The van der Waals surface area contributed by atoms with Crippen LogP contribution in [0, 0.1) is 0 Å². The van der Waals surface area contributed by atoms with Gasteiger partial charge in [-0.15, -0.1) is 0 Å². The molecule has 0 atom stereocenters. The first-order chi connectivity index (χ1) is 13.5. The first-order valence-corrected chi connectivity index (χ1v) is 9.39. The zero-order chi connectivity index (χ0) is 20.3. The minimum atomic E-state index is -0.401. The lowest BCUT2D eigenvalue weighted by molar-refractivity contribution is 0.0528. The maximum Gasteiger partial charge on any atom is 0.338 e. The molecule has 146 valence electrons. The first-order valence-electron chi connectivity index (χ1n) is 8.60. The molecule has 0 aliphatic rings. The van der Waals surface area contributed by atoms with Gasteiger partial charge in [-0.3, -0.25) is 0 Å². The Morgan fingerprint density at radius 1 is 1.00 bits per heavy atom. The highest BCUT2D eigenvalue weighted by molar-refractivity contribution is 9.10. The summed E-state index contributed by atoms with van der Waals surface area (Å²) in [7, 11) is 4.65. The van der Waals surface area contributed by atoms with Gasteiger partial charge in [-0.2, -0.15) is 0 Å². The van der Waals surface area contributed by atoms with Gasteiger partial charge in [0.25, 0.3) is 0 Å². The van der Waals surface area contributed by atoms with Gasteiger partial charge < -0.3 is 18.9 Å². The van der Waals surface area contributed by atoms with Crippen molar-refractivity contribution in [3.05, 3.63) is 46.4 Å². The number of benzene rings is 2. The average Bonchev–Trinajstić information content (AvgIpc) is 2.71. The van der Waals surface area contributed by atoms with Crippen LogP contribution in [-0.4, -0.2) is 38.9 Å². The van der Waals surface area contributed by atoms with E-state index in [1.165, 1.54) is 0 Å². The van der Waals surface area contributed by atoms with Gasteiger partial charge >= 0.3 is 5.97 Å². The SMILES string of the molecule is CCOC(=O)c1cc(-c2cc(OC)c(OC)c(OC)c2)nc2ccc(Br)cc12. The van der Waals surface area contributed by atoms with E-state index in [4.69, 9.17) is 23.9 Å². The molecule has 2 aromatic carbocycles. The van der Waals surface area contributed by atoms with Crippen LogP contribution in [0.5, 0.6) is 17.2 Å². The second-order valence-electron chi connectivity index (χ2n) is 5.85. The summed E-state index contributed by atoms with van der Waals surface area (Å²) < 4.78 is 22.3. The summed E-state index contributed by atoms with van der Waals surface area (Å²) in [5, 5.41) is 0.712. The number of carbonyl (C=O) groups excluding carboxylic acids is 1. The van der Waals surface area contributed by atoms with Crippen LogP contribution in [0.3, 0.4) is 0 Å². The standard InChI is InChI=1S/C21H20BrNO5/c1-5-28-21(24)15-11-17(23-16-7-6-13(22)10-14(15)16)12-8-18(25-2)20(27-4)19(9-12)26-3/h6-11H,5H2,1-4H3. The Labute approximate surface area is 171 Å². The molecule has 6 nitrogen and oxygen atoms in total. The first kappa shape index (κ1) is 19.9. The summed E-state index contributed by atoms with van der Waals surface area (Å²) in [4.78, 5) is 17.3. The second kappa shape index (κ2) is 8.48. The number of halogens is 1. The van der Waals surface area contributed by atoms with Gasteiger partial charge in [0.15, 0.2) is 11.5 Å². The molecule has 0 fully saturated rings. The summed E-state index contributed by atoms with van der Waals surface area (Å²) in [5.41, 5.74) is 2.44. The quantitative estimate of drug-likeness (QED) is 0.504. The monoisotopic (exact) mass is 445 g/mol. The molecular weight excluding hydrogens is 426 g/mol. The normalized spacial score (nSPS) is 10.6. The molecule has 0 unspecified atom stereocenters. The molecule has 1 aromatic heterocycles. The van der Waals surface area contributed by atoms with Crippen molar-refractivity contribution < 1.29 is 23.7 Å². The highest BCUT2D eigenvalue weighted by atomic mass is 79.9. The van der Waals surface area contributed by atoms with Crippen LogP contribution in [0.25, 0.3) is 22.2 Å². The summed E-state index contributed by atoms with van der Waals surface area (Å²) in [6.07, 6.45) is 0. The Kier molecular flexibility index (Phi) is 6.04. The van der Waals surface area contributed by atoms with Crippen LogP contribution in [-0.2, 0) is 4.74 Å². The Hall–Kier alpha value is -2.80. The summed E-state index contributed by atoms with van der Waals surface area (Å²) in [5.74, 6) is 1.10. The van der Waals surface area contributed by atoms with E-state index in [0.717, 1.165) is 10.0 Å². The minimum Gasteiger partial charge on any atom is -0.493 e. The van der Waals surface area contributed by atoms with E-state index < -0.39 is 5.97 Å². The van der Waals surface area contributed by atoms with E-state index in [2.05, 4.69) is 15.9 Å². The highest BCUT2D eigenvalue weighted by Gasteiger charge is 2.19. The number of aromatic nitrogens is 1. The highest BCUT2D eigenvalue weighted by Crippen LogP contribution is 2.41. The Balaban J connectivity index is 2.26. The zero-order valence-electron chi connectivity index (χ0n) is 16.0. The molecule has 0 saturated carbocycles. The number of fused-ring (bicyclic) bond motifs is 1. The molecule has 0 N–H and O–H groups in total. The average molecular weight is 446 g/mol. The Morgan fingerprint density at radius 2 is 1.68 bits per heavy atom. The van der Waals surface area contributed by atoms with Crippen molar-refractivity contribution in [1.29, 1.82) is 0 Å². The molecule has 0 amide bonds. The van der Waals surface area contributed by atoms with Gasteiger partial charge in [0, 0.05) is 15.4 Å². The number of methoxy groups -OCH3 is 3. The fourth-order valence-electron chi connectivity index (χ4n) is 2.95. The lowest BCUT2D eigenvalue weighted by atomic mass is 10.0. The molecule has 0 aliphatic heterocycles. The van der Waals surface area contributed by atoms with Gasteiger partial charge in [0.1, 0.15) is 0 Å². The fourth-order valence-corrected chi connectivity index (χ4v) is 3.31. The molecule has 3 aromatic rings. The summed E-state index contributed by atoms with van der Waals surface area (Å²) in [6, 6.07) is 10.9. The number of esters is 1. The van der Waals surface area contributed by atoms with E-state index >= 15 is 0 Å². The van der Waals surface area contributed by atoms with Crippen molar-refractivity contribution in [3.63, 3.8) is 0 Å². The molecule has 3 rings (SSSR count). The topological polar surface area (TPSA) is 66.9 Å². The Bertz CT molecular complexity index is 1010. The van der Waals surface area contributed by atoms with Crippen LogP contribution in [0.1, 0.15) is 17.3 Å². The molecule has 0 spiro atoms. The smallest absolute Gasteiger partial charge is 0.338 e. The van der Waals surface area contributed by atoms with Gasteiger partial charge in [0.05, 0.1) is 44.7 Å². The van der Waals surface area contributed by atoms with Crippen molar-refractivity contribution in [2.45, 2.75) is 6.92 Å². The summed E-state index contributed by atoms with van der Waals surface area (Å²) in [6.45, 7) is 2.06. The van der Waals surface area contributed by atoms with E-state index in [1.54, 1.807) is 46.5 Å². The van der Waals surface area contributed by atoms with Crippen molar-refractivity contribution in [3.8, 4) is 28.5 Å². The third kappa shape index (κ3) is 3.75. The molecule has 28 heavy (non-hydrogen) atoms. The third-order valence-electron chi connectivity index (χ3n) is 4.23. The second-order valence-corrected chi connectivity index (χ2v) is 6.77. The lowest BCUT2D eigenvalue weighted by Gasteiger charge is -2.15. The van der Waals surface area contributed by atoms with Crippen LogP contribution in [0.4, 0.5) is 0 Å². The number of hydrogen-bond donors (Lipinski definition) is 0. The number of rotatable bonds is 6. The molecular formula is C21H20BrNO5. The predicted octanol–water partition coefficient (Wildman–Crippen LogP) is 4.87. The van der Waals surface area contributed by atoms with E-state index in [0.29, 0.717) is 39.4 Å². The van der Waals surface area contributed by atoms with Gasteiger partial charge in [-0.25, -0.2) is 9.78 Å². The third-order valence-corrected chi connectivity index (χ3v) is 4.72. The maximum absolute atomic E-state index is 12.6. The molecule has 1 heterocycles. The van der Waals surface area contributed by atoms with E-state index in [1.807, 2.05) is 18.2 Å². The number of carbonyl (C=O) groups is 1. The predicted molar refractivity (Wildman–Crippen MR) is 110 cm³/mol. The molecule has 0 bridgehead atoms. The molecule has 7 heteroatoms. The minimum absolute atomic E-state index is 0.288. The van der Waals surface area contributed by atoms with Crippen LogP contribution < -0.4 is 14.2 Å². The van der Waals surface area contributed by atoms with E-state index in [9.17, 15) is 4.79 Å². The summed E-state index contributed by atoms with van der Waals surface area (Å²) >= 11 is 3.44.